The summed E-state index contributed by atoms with van der Waals surface area (Å²) >= 11 is -0.295. The highest BCUT2D eigenvalue weighted by Gasteiger charge is 2.91. The summed E-state index contributed by atoms with van der Waals surface area (Å²) in [5, 5.41) is 0.676. The summed E-state index contributed by atoms with van der Waals surface area (Å²) in [6.07, 6.45) is -7.40. The fourth-order valence-corrected chi connectivity index (χ4v) is 2.54. The van der Waals surface area contributed by atoms with Crippen LogP contribution < -0.4 is 0 Å². The van der Waals surface area contributed by atoms with E-state index in [-0.39, 0.29) is 11.3 Å². The Labute approximate surface area is 134 Å². The molecule has 0 nitrogen and oxygen atoms in total. The van der Waals surface area contributed by atoms with Crippen molar-refractivity contribution in [3.8, 4) is 0 Å². The lowest BCUT2D eigenvalue weighted by atomic mass is 9.92. The Bertz CT molecular complexity index is 624. The van der Waals surface area contributed by atoms with Crippen molar-refractivity contribution in [1.82, 2.24) is 0 Å². The van der Waals surface area contributed by atoms with E-state index in [0.717, 1.165) is 0 Å². The van der Waals surface area contributed by atoms with Crippen LogP contribution in [0.1, 0.15) is 10.4 Å². The number of thiophene rings is 1. The molecule has 0 bridgehead atoms. The molecule has 0 aliphatic rings. The highest BCUT2D eigenvalue weighted by atomic mass is 32.1. The molecule has 0 saturated carbocycles. The smallest absolute Gasteiger partial charge is 0.193 e. The minimum absolute atomic E-state index is 0.295. The first-order valence-electron chi connectivity index (χ1n) is 5.77. The fourth-order valence-electron chi connectivity index (χ4n) is 1.61. The van der Waals surface area contributed by atoms with Crippen molar-refractivity contribution in [1.29, 1.82) is 0 Å². The first-order valence-corrected chi connectivity index (χ1v) is 6.65. The van der Waals surface area contributed by atoms with Crippen molar-refractivity contribution in [3.05, 3.63) is 21.9 Å². The van der Waals surface area contributed by atoms with Gasteiger partial charge < -0.3 is 0 Å². The second kappa shape index (κ2) is 5.64. The van der Waals surface area contributed by atoms with Gasteiger partial charge in [0.15, 0.2) is 0 Å². The van der Waals surface area contributed by atoms with Crippen molar-refractivity contribution in [2.24, 2.45) is 0 Å². The van der Waals surface area contributed by atoms with Crippen LogP contribution in [0.4, 0.5) is 57.1 Å². The topological polar surface area (TPSA) is 0 Å². The summed E-state index contributed by atoms with van der Waals surface area (Å²) in [4.78, 5) is -1.89. The van der Waals surface area contributed by atoms with Crippen LogP contribution in [0.25, 0.3) is 0 Å². The standard InChI is InChI=1S/C11H5F13S/c1-4-2-3-25-5(4)6(12,13)7(14,15)8(16,17)9(18,19)10(20,21)11(22,23)24/h2-3H,1H3. The van der Waals surface area contributed by atoms with Gasteiger partial charge in [-0.3, -0.25) is 0 Å². The molecule has 1 heterocycles. The van der Waals surface area contributed by atoms with Crippen molar-refractivity contribution in [2.75, 3.05) is 0 Å². The summed E-state index contributed by atoms with van der Waals surface area (Å²) in [6, 6.07) is 0.699. The van der Waals surface area contributed by atoms with Crippen LogP contribution in [-0.4, -0.2) is 29.9 Å². The van der Waals surface area contributed by atoms with Gasteiger partial charge in [0.2, 0.25) is 0 Å². The highest BCUT2D eigenvalue weighted by molar-refractivity contribution is 7.10. The minimum atomic E-state index is -7.86. The number of hydrogen-bond acceptors (Lipinski definition) is 1. The average molecular weight is 416 g/mol. The van der Waals surface area contributed by atoms with Crippen molar-refractivity contribution >= 4 is 11.3 Å². The molecule has 0 fully saturated rings. The van der Waals surface area contributed by atoms with Crippen molar-refractivity contribution in [3.63, 3.8) is 0 Å². The Morgan fingerprint density at radius 1 is 0.640 bits per heavy atom. The van der Waals surface area contributed by atoms with E-state index in [1.807, 2.05) is 0 Å². The third-order valence-corrected chi connectivity index (χ3v) is 4.17. The monoisotopic (exact) mass is 416 g/mol. The molecule has 0 amide bonds. The predicted molar refractivity (Wildman–Crippen MR) is 58.8 cm³/mol. The maximum atomic E-state index is 13.7. The normalized spacial score (nSPS) is 15.6. The number of alkyl halides is 13. The van der Waals surface area contributed by atoms with Crippen LogP contribution in [0, 0.1) is 6.92 Å². The molecule has 0 spiro atoms. The maximum Gasteiger partial charge on any atom is 0.460 e. The van der Waals surface area contributed by atoms with E-state index in [2.05, 4.69) is 0 Å². The van der Waals surface area contributed by atoms with Crippen LogP contribution in [0.2, 0.25) is 0 Å². The molecule has 0 N–H and O–H groups in total. The molecular formula is C11H5F13S. The molecular weight excluding hydrogens is 411 g/mol. The molecule has 0 radical (unpaired) electrons. The highest BCUT2D eigenvalue weighted by Crippen LogP contribution is 2.62. The number of aryl methyl sites for hydroxylation is 1. The third kappa shape index (κ3) is 2.76. The van der Waals surface area contributed by atoms with E-state index in [1.54, 1.807) is 0 Å². The number of rotatable bonds is 5. The van der Waals surface area contributed by atoms with Gasteiger partial charge in [0, 0.05) is 0 Å². The van der Waals surface area contributed by atoms with E-state index in [0.29, 0.717) is 18.4 Å². The zero-order valence-electron chi connectivity index (χ0n) is 11.5. The van der Waals surface area contributed by atoms with E-state index in [4.69, 9.17) is 0 Å². The Morgan fingerprint density at radius 3 is 1.36 bits per heavy atom. The summed E-state index contributed by atoms with van der Waals surface area (Å²) in [5.41, 5.74) is -0.781. The van der Waals surface area contributed by atoms with Crippen LogP contribution in [0.15, 0.2) is 11.4 Å². The Balaban J connectivity index is 3.57. The van der Waals surface area contributed by atoms with Gasteiger partial charge in [-0.25, -0.2) is 0 Å². The van der Waals surface area contributed by atoms with Gasteiger partial charge in [-0.1, -0.05) is 0 Å². The lowest BCUT2D eigenvalue weighted by Gasteiger charge is -2.39. The first kappa shape index (κ1) is 21.8. The molecule has 0 atom stereocenters. The molecule has 1 aromatic heterocycles. The van der Waals surface area contributed by atoms with Crippen molar-refractivity contribution < 1.29 is 57.1 Å². The lowest BCUT2D eigenvalue weighted by molar-refractivity contribution is -0.441. The van der Waals surface area contributed by atoms with Gasteiger partial charge >= 0.3 is 35.8 Å². The van der Waals surface area contributed by atoms with Crippen LogP contribution >= 0.6 is 11.3 Å². The maximum absolute atomic E-state index is 13.7. The molecule has 146 valence electrons. The summed E-state index contributed by atoms with van der Waals surface area (Å²) in [5.74, 6) is -36.7. The van der Waals surface area contributed by atoms with Gasteiger partial charge in [0.1, 0.15) is 0 Å². The van der Waals surface area contributed by atoms with Gasteiger partial charge in [-0.2, -0.15) is 57.1 Å². The van der Waals surface area contributed by atoms with Gasteiger partial charge in [-0.15, -0.1) is 11.3 Å². The molecule has 0 aliphatic carbocycles. The zero-order valence-corrected chi connectivity index (χ0v) is 12.3. The Kier molecular flexibility index (Phi) is 4.93. The van der Waals surface area contributed by atoms with Crippen LogP contribution in [0.5, 0.6) is 0 Å². The molecule has 14 heteroatoms. The fraction of sp³-hybridized carbons (Fsp3) is 0.636. The molecule has 0 aliphatic heterocycles. The Morgan fingerprint density at radius 2 is 1.04 bits per heavy atom. The SMILES string of the molecule is Cc1ccsc1C(F)(F)C(F)(F)C(F)(F)C(F)(F)C(F)(F)C(F)(F)F. The first-order chi connectivity index (χ1) is 10.8. The number of hydrogen-bond donors (Lipinski definition) is 0. The molecule has 0 unspecified atom stereocenters. The van der Waals surface area contributed by atoms with Gasteiger partial charge in [0.25, 0.3) is 0 Å². The van der Waals surface area contributed by atoms with E-state index >= 15 is 0 Å². The quantitative estimate of drug-likeness (QED) is 0.498. The lowest BCUT2D eigenvalue weighted by Crippen LogP contribution is -2.69. The van der Waals surface area contributed by atoms with Crippen LogP contribution in [0.3, 0.4) is 0 Å². The largest absolute Gasteiger partial charge is 0.460 e. The minimum Gasteiger partial charge on any atom is -0.193 e. The summed E-state index contributed by atoms with van der Waals surface area (Å²) in [7, 11) is 0. The van der Waals surface area contributed by atoms with Crippen molar-refractivity contribution in [2.45, 2.75) is 42.7 Å². The molecule has 25 heavy (non-hydrogen) atoms. The average Bonchev–Trinajstić information content (AvgIpc) is 2.83. The van der Waals surface area contributed by atoms with E-state index in [1.165, 1.54) is 0 Å². The third-order valence-electron chi connectivity index (χ3n) is 3.08. The second-order valence-electron chi connectivity index (χ2n) is 4.80. The molecule has 1 rings (SSSR count). The molecule has 0 saturated heterocycles. The summed E-state index contributed by atoms with van der Waals surface area (Å²) < 4.78 is 168. The van der Waals surface area contributed by atoms with Gasteiger partial charge in [0.05, 0.1) is 4.88 Å². The zero-order chi connectivity index (χ0) is 20.3. The molecule has 1 aromatic rings. The molecule has 0 aromatic carbocycles. The predicted octanol–water partition coefficient (Wildman–Crippen LogP) is 6.25. The second-order valence-corrected chi connectivity index (χ2v) is 5.72. The van der Waals surface area contributed by atoms with E-state index < -0.39 is 46.2 Å². The summed E-state index contributed by atoms with van der Waals surface area (Å²) in [6.45, 7) is 0.691. The van der Waals surface area contributed by atoms with Gasteiger partial charge in [-0.05, 0) is 23.9 Å². The number of halogens is 13. The van der Waals surface area contributed by atoms with E-state index in [9.17, 15) is 57.1 Å². The Hall–Kier alpha value is -1.21. The van der Waals surface area contributed by atoms with Crippen LogP contribution in [-0.2, 0) is 5.92 Å².